The molecule has 3 atom stereocenters. The summed E-state index contributed by atoms with van der Waals surface area (Å²) in [6.45, 7) is 6.68. The number of unbranched alkanes of at least 4 members (excludes halogenated alkanes) is 5. The van der Waals surface area contributed by atoms with Crippen molar-refractivity contribution in [2.24, 2.45) is 0 Å². The fourth-order valence-electron chi connectivity index (χ4n) is 2.00. The van der Waals surface area contributed by atoms with Gasteiger partial charge in [-0.2, -0.15) is 0 Å². The predicted octanol–water partition coefficient (Wildman–Crippen LogP) is 2.47. The average molecular weight is 322 g/mol. The number of aliphatic hydroxyl groups excluding tert-OH is 1. The molecule has 0 spiro atoms. The minimum atomic E-state index is -0.762. The number of hydrogen-bond acceptors (Lipinski definition) is 4. The third kappa shape index (κ3) is 14.7. The van der Waals surface area contributed by atoms with Crippen LogP contribution in [0, 0.1) is 0 Å². The van der Waals surface area contributed by atoms with Crippen molar-refractivity contribution < 1.29 is 14.1 Å². The molecule has 128 valence electrons. The number of ether oxygens (including phenoxy) is 1. The zero-order valence-corrected chi connectivity index (χ0v) is 14.9. The van der Waals surface area contributed by atoms with E-state index in [2.05, 4.69) is 12.2 Å². The van der Waals surface area contributed by atoms with Crippen LogP contribution < -0.4 is 5.32 Å². The Morgan fingerprint density at radius 3 is 2.52 bits per heavy atom. The molecule has 0 aliphatic carbocycles. The molecule has 0 aromatic carbocycles. The van der Waals surface area contributed by atoms with Gasteiger partial charge in [0.2, 0.25) is 0 Å². The Labute approximate surface area is 133 Å². The second kappa shape index (κ2) is 14.9. The number of nitrogens with one attached hydrogen (secondary N) is 1. The second-order valence-corrected chi connectivity index (χ2v) is 7.60. The molecule has 0 aliphatic rings. The summed E-state index contributed by atoms with van der Waals surface area (Å²) < 4.78 is 16.7. The lowest BCUT2D eigenvalue weighted by molar-refractivity contribution is 0.0355. The summed E-state index contributed by atoms with van der Waals surface area (Å²) in [5.41, 5.74) is 0. The monoisotopic (exact) mass is 321 g/mol. The van der Waals surface area contributed by atoms with E-state index in [1.165, 1.54) is 32.1 Å². The Morgan fingerprint density at radius 2 is 1.86 bits per heavy atom. The van der Waals surface area contributed by atoms with Gasteiger partial charge < -0.3 is 15.2 Å². The molecule has 5 heteroatoms. The topological polar surface area (TPSA) is 58.6 Å². The number of rotatable bonds is 15. The van der Waals surface area contributed by atoms with Gasteiger partial charge in [0, 0.05) is 35.5 Å². The van der Waals surface area contributed by atoms with E-state index in [1.807, 2.05) is 6.92 Å². The Morgan fingerprint density at radius 1 is 1.19 bits per heavy atom. The maximum atomic E-state index is 11.2. The van der Waals surface area contributed by atoms with Crippen LogP contribution >= 0.6 is 0 Å². The first-order valence-corrected chi connectivity index (χ1v) is 9.98. The van der Waals surface area contributed by atoms with E-state index < -0.39 is 16.9 Å². The van der Waals surface area contributed by atoms with Crippen molar-refractivity contribution >= 4 is 10.8 Å². The second-order valence-electron chi connectivity index (χ2n) is 5.80. The maximum Gasteiger partial charge on any atom is 0.0897 e. The lowest BCUT2D eigenvalue weighted by Gasteiger charge is -2.13. The van der Waals surface area contributed by atoms with Gasteiger partial charge in [0.1, 0.15) is 0 Å². The van der Waals surface area contributed by atoms with Crippen LogP contribution in [0.2, 0.25) is 0 Å². The number of hydrogen-bond donors (Lipinski definition) is 2. The molecule has 2 N–H and O–H groups in total. The van der Waals surface area contributed by atoms with E-state index in [0.29, 0.717) is 13.2 Å². The van der Waals surface area contributed by atoms with Gasteiger partial charge in [-0.15, -0.1) is 0 Å². The zero-order chi connectivity index (χ0) is 15.9. The molecule has 0 saturated heterocycles. The van der Waals surface area contributed by atoms with Crippen LogP contribution in [0.5, 0.6) is 0 Å². The maximum absolute atomic E-state index is 11.2. The molecule has 0 heterocycles. The third-order valence-corrected chi connectivity index (χ3v) is 5.00. The van der Waals surface area contributed by atoms with Crippen molar-refractivity contribution in [2.45, 2.75) is 70.1 Å². The van der Waals surface area contributed by atoms with Crippen LogP contribution in [-0.2, 0) is 15.5 Å². The first-order chi connectivity index (χ1) is 10.1. The first kappa shape index (κ1) is 21.0. The van der Waals surface area contributed by atoms with Gasteiger partial charge in [0.25, 0.3) is 0 Å². The molecule has 0 radical (unpaired) electrons. The standard InChI is InChI=1S/C16H35NO3S/c1-4-5-6-7-8-9-12-20-14-16(18)13-17-11-10-15(2)21(3)19/h15-18H,4-14H2,1-3H3. The van der Waals surface area contributed by atoms with Gasteiger partial charge in [0.05, 0.1) is 12.7 Å². The molecule has 0 saturated carbocycles. The fraction of sp³-hybridized carbons (Fsp3) is 1.00. The van der Waals surface area contributed by atoms with E-state index in [4.69, 9.17) is 4.74 Å². The molecule has 21 heavy (non-hydrogen) atoms. The summed E-state index contributed by atoms with van der Waals surface area (Å²) >= 11 is 0. The smallest absolute Gasteiger partial charge is 0.0897 e. The lowest BCUT2D eigenvalue weighted by atomic mass is 10.1. The molecule has 0 aromatic rings. The van der Waals surface area contributed by atoms with Crippen LogP contribution in [0.25, 0.3) is 0 Å². The van der Waals surface area contributed by atoms with Crippen LogP contribution in [0.15, 0.2) is 0 Å². The minimum Gasteiger partial charge on any atom is -0.389 e. The van der Waals surface area contributed by atoms with Gasteiger partial charge in [-0.25, -0.2) is 0 Å². The highest BCUT2D eigenvalue weighted by Gasteiger charge is 2.07. The minimum absolute atomic E-state index is 0.207. The quantitative estimate of drug-likeness (QED) is 0.455. The summed E-state index contributed by atoms with van der Waals surface area (Å²) in [4.78, 5) is 0. The van der Waals surface area contributed by atoms with Crippen LogP contribution in [0.4, 0.5) is 0 Å². The molecule has 0 fully saturated rings. The average Bonchev–Trinajstić information content (AvgIpc) is 2.46. The van der Waals surface area contributed by atoms with Crippen molar-refractivity contribution in [3.05, 3.63) is 0 Å². The molecule has 0 aromatic heterocycles. The summed E-state index contributed by atoms with van der Waals surface area (Å²) in [5, 5.41) is 13.1. The van der Waals surface area contributed by atoms with E-state index in [9.17, 15) is 9.32 Å². The first-order valence-electron chi connectivity index (χ1n) is 8.36. The number of aliphatic hydroxyl groups is 1. The highest BCUT2D eigenvalue weighted by molar-refractivity contribution is 7.84. The highest BCUT2D eigenvalue weighted by atomic mass is 32.2. The fourth-order valence-corrected chi connectivity index (χ4v) is 2.45. The summed E-state index contributed by atoms with van der Waals surface area (Å²) in [6, 6.07) is 0. The van der Waals surface area contributed by atoms with Crippen LogP contribution in [0.3, 0.4) is 0 Å². The van der Waals surface area contributed by atoms with Gasteiger partial charge in [-0.1, -0.05) is 46.0 Å². The van der Waals surface area contributed by atoms with Gasteiger partial charge >= 0.3 is 0 Å². The van der Waals surface area contributed by atoms with Crippen LogP contribution in [0.1, 0.15) is 58.8 Å². The van der Waals surface area contributed by atoms with Gasteiger partial charge in [-0.3, -0.25) is 4.21 Å². The van der Waals surface area contributed by atoms with Gasteiger partial charge in [-0.05, 0) is 19.4 Å². The van der Waals surface area contributed by atoms with Crippen molar-refractivity contribution in [3.8, 4) is 0 Å². The third-order valence-electron chi connectivity index (χ3n) is 3.63. The summed E-state index contributed by atoms with van der Waals surface area (Å²) in [5.74, 6) is 0. The molecular formula is C16H35NO3S. The molecule has 0 aliphatic heterocycles. The Balaban J connectivity index is 3.27. The highest BCUT2D eigenvalue weighted by Crippen LogP contribution is 2.05. The van der Waals surface area contributed by atoms with E-state index >= 15 is 0 Å². The normalized spacial score (nSPS) is 15.8. The Bertz CT molecular complexity index is 252. The Hall–Kier alpha value is 0.0300. The SMILES string of the molecule is CCCCCCCCOCC(O)CNCCC(C)S(C)=O. The van der Waals surface area contributed by atoms with Crippen LogP contribution in [-0.4, -0.2) is 53.2 Å². The van der Waals surface area contributed by atoms with Crippen molar-refractivity contribution in [3.63, 3.8) is 0 Å². The Kier molecular flexibility index (Phi) is 15.0. The lowest BCUT2D eigenvalue weighted by Crippen LogP contribution is -2.32. The molecule has 4 nitrogen and oxygen atoms in total. The molecule has 0 bridgehead atoms. The zero-order valence-electron chi connectivity index (χ0n) is 14.1. The van der Waals surface area contributed by atoms with Crippen molar-refractivity contribution in [1.82, 2.24) is 5.32 Å². The van der Waals surface area contributed by atoms with Crippen molar-refractivity contribution in [2.75, 3.05) is 32.6 Å². The summed E-state index contributed by atoms with van der Waals surface area (Å²) in [6.07, 6.45) is 9.68. The molecule has 0 amide bonds. The molecular weight excluding hydrogens is 286 g/mol. The summed E-state index contributed by atoms with van der Waals surface area (Å²) in [7, 11) is -0.762. The van der Waals surface area contributed by atoms with E-state index in [1.54, 1.807) is 6.26 Å². The molecule has 0 rings (SSSR count). The van der Waals surface area contributed by atoms with Crippen molar-refractivity contribution in [1.29, 1.82) is 0 Å². The predicted molar refractivity (Wildman–Crippen MR) is 91.2 cm³/mol. The van der Waals surface area contributed by atoms with Gasteiger partial charge in [0.15, 0.2) is 0 Å². The molecule has 3 unspecified atom stereocenters. The van der Waals surface area contributed by atoms with E-state index in [0.717, 1.165) is 26.0 Å². The largest absolute Gasteiger partial charge is 0.389 e. The van der Waals surface area contributed by atoms with E-state index in [-0.39, 0.29) is 5.25 Å².